The Bertz CT molecular complexity index is 3480. The highest BCUT2D eigenvalue weighted by molar-refractivity contribution is 6.13. The van der Waals surface area contributed by atoms with Gasteiger partial charge in [-0.25, -0.2) is 4.98 Å². The van der Waals surface area contributed by atoms with Crippen molar-refractivity contribution in [2.75, 3.05) is 0 Å². The van der Waals surface area contributed by atoms with Gasteiger partial charge in [-0.1, -0.05) is 96.8 Å². The van der Waals surface area contributed by atoms with Crippen LogP contribution in [0.15, 0.2) is 158 Å². The van der Waals surface area contributed by atoms with Crippen LogP contribution in [0.2, 0.25) is 0 Å². The Kier molecular flexibility index (Phi) is 2.97. The Morgan fingerprint density at radius 3 is 1.73 bits per heavy atom. The number of fused-ring (bicyclic) bond motifs is 9. The highest BCUT2D eigenvalue weighted by atomic mass is 15.1. The Hall–Kier alpha value is -6.13. The largest absolute Gasteiger partial charge is 0.309 e. The van der Waals surface area contributed by atoms with Gasteiger partial charge in [0, 0.05) is 43.7 Å². The number of para-hydroxylation sites is 5. The lowest BCUT2D eigenvalue weighted by atomic mass is 10.1. The molecule has 0 unspecified atom stereocenters. The molecule has 0 spiro atoms. The molecule has 45 heavy (non-hydrogen) atoms. The van der Waals surface area contributed by atoms with Crippen LogP contribution in [0.5, 0.6) is 0 Å². The van der Waals surface area contributed by atoms with Crippen LogP contribution in [-0.4, -0.2) is 18.7 Å². The van der Waals surface area contributed by atoms with E-state index in [1.54, 1.807) is 6.07 Å². The van der Waals surface area contributed by atoms with Gasteiger partial charge in [0.25, 0.3) is 0 Å². The molecule has 0 saturated carbocycles. The Morgan fingerprint density at radius 1 is 0.422 bits per heavy atom. The number of hydrogen-bond acceptors (Lipinski definition) is 1. The SMILES string of the molecule is [2H]c1c([2H])c([2H])c2c(c1[2H])c1c([2H])c(-n3c4c([2H])c([2H])c([2H])c([2H])c4c4c([2H])c([2H])c([2H])c([2H])c43)nc([2H])c1n2-c1ccc2c3ccccc3n(-c3ccccc3)c2c1. The minimum Gasteiger partial charge on any atom is -0.309 e. The highest BCUT2D eigenvalue weighted by Crippen LogP contribution is 2.38. The molecule has 6 aromatic carbocycles. The average Bonchev–Trinajstić information content (AvgIpc) is 3.90. The van der Waals surface area contributed by atoms with Crippen molar-refractivity contribution in [1.29, 1.82) is 0 Å². The Labute approximate surface area is 278 Å². The summed E-state index contributed by atoms with van der Waals surface area (Å²) in [4.78, 5) is 4.53. The van der Waals surface area contributed by atoms with Crippen LogP contribution in [0.4, 0.5) is 0 Å². The fourth-order valence-corrected chi connectivity index (χ4v) is 6.42. The van der Waals surface area contributed by atoms with E-state index in [4.69, 9.17) is 15.1 Å². The lowest BCUT2D eigenvalue weighted by Crippen LogP contribution is -1.99. The number of hydrogen-bond donors (Lipinski definition) is 0. The fourth-order valence-electron chi connectivity index (χ4n) is 6.42. The first-order valence-electron chi connectivity index (χ1n) is 21.2. The number of aromatic nitrogens is 4. The summed E-state index contributed by atoms with van der Waals surface area (Å²) in [6.07, 6.45) is -0.514. The molecule has 0 N–H and O–H groups in total. The molecular weight excluding hydrogens is 548 g/mol. The van der Waals surface area contributed by atoms with Gasteiger partial charge in [-0.2, -0.15) is 0 Å². The van der Waals surface area contributed by atoms with E-state index in [9.17, 15) is 4.11 Å². The van der Waals surface area contributed by atoms with Crippen LogP contribution >= 0.6 is 0 Å². The third kappa shape index (κ3) is 3.39. The second-order valence-electron chi connectivity index (χ2n) is 10.6. The lowest BCUT2D eigenvalue weighted by Gasteiger charge is -2.11. The number of benzene rings is 6. The predicted molar refractivity (Wildman–Crippen MR) is 187 cm³/mol. The van der Waals surface area contributed by atoms with Crippen molar-refractivity contribution in [3.8, 4) is 17.2 Å². The van der Waals surface area contributed by atoms with Crippen molar-refractivity contribution in [2.24, 2.45) is 0 Å². The molecule has 10 rings (SSSR count). The van der Waals surface area contributed by atoms with E-state index in [1.165, 1.54) is 4.57 Å². The van der Waals surface area contributed by atoms with Crippen molar-refractivity contribution in [3.05, 3.63) is 158 Å². The number of rotatable bonds is 3. The van der Waals surface area contributed by atoms with Crippen LogP contribution in [0, 0.1) is 0 Å². The van der Waals surface area contributed by atoms with E-state index in [1.807, 2.05) is 66.7 Å². The molecule has 0 fully saturated rings. The normalized spacial score (nSPS) is 16.4. The first-order chi connectivity index (χ1) is 28.2. The van der Waals surface area contributed by atoms with Gasteiger partial charge in [-0.15, -0.1) is 0 Å². The summed E-state index contributed by atoms with van der Waals surface area (Å²) in [7, 11) is 0. The third-order valence-corrected chi connectivity index (χ3v) is 8.28. The Morgan fingerprint density at radius 2 is 1.00 bits per heavy atom. The smallest absolute Gasteiger partial charge is 0.138 e. The topological polar surface area (TPSA) is 27.7 Å². The summed E-state index contributed by atoms with van der Waals surface area (Å²) >= 11 is 0. The average molecular weight is 589 g/mol. The molecule has 10 aromatic rings. The minimum absolute atomic E-state index is 0.0419. The second kappa shape index (κ2) is 9.18. The molecule has 0 radical (unpaired) electrons. The molecule has 4 aromatic heterocycles. The molecule has 0 aliphatic carbocycles. The summed E-state index contributed by atoms with van der Waals surface area (Å²) in [6, 6.07) is 15.4. The second-order valence-corrected chi connectivity index (χ2v) is 10.6. The molecule has 0 bridgehead atoms. The fraction of sp³-hybridized carbons (Fsp3) is 0. The highest BCUT2D eigenvalue weighted by Gasteiger charge is 2.18. The van der Waals surface area contributed by atoms with E-state index in [-0.39, 0.29) is 43.6 Å². The number of pyridine rings is 1. The van der Waals surface area contributed by atoms with E-state index in [0.717, 1.165) is 32.1 Å². The van der Waals surface area contributed by atoms with Gasteiger partial charge in [0.15, 0.2) is 0 Å². The van der Waals surface area contributed by atoms with Crippen molar-refractivity contribution in [3.63, 3.8) is 0 Å². The zero-order valence-electron chi connectivity index (χ0n) is 37.2. The molecule has 0 atom stereocenters. The summed E-state index contributed by atoms with van der Waals surface area (Å²) in [5.41, 5.74) is 2.23. The van der Waals surface area contributed by atoms with Gasteiger partial charge in [0.2, 0.25) is 0 Å². The zero-order valence-corrected chi connectivity index (χ0v) is 23.2. The van der Waals surface area contributed by atoms with Crippen LogP contribution in [0.3, 0.4) is 0 Å². The minimum atomic E-state index is -0.672. The summed E-state index contributed by atoms with van der Waals surface area (Å²) in [5, 5.41) is 1.15. The zero-order chi connectivity index (χ0) is 41.7. The molecular formula is C41H26N4. The van der Waals surface area contributed by atoms with Gasteiger partial charge in [-0.05, 0) is 54.5 Å². The summed E-state index contributed by atoms with van der Waals surface area (Å²) in [5.74, 6) is -0.441. The van der Waals surface area contributed by atoms with E-state index < -0.39 is 90.5 Å². The van der Waals surface area contributed by atoms with E-state index in [0.29, 0.717) is 5.69 Å². The summed E-state index contributed by atoms with van der Waals surface area (Å²) in [6.45, 7) is 0. The van der Waals surface area contributed by atoms with Gasteiger partial charge >= 0.3 is 0 Å². The Balaban J connectivity index is 1.40. The molecule has 4 nitrogen and oxygen atoms in total. The maximum absolute atomic E-state index is 9.78. The number of nitrogens with zero attached hydrogens (tertiary/aromatic N) is 4. The van der Waals surface area contributed by atoms with Crippen molar-refractivity contribution < 1.29 is 19.2 Å². The molecule has 0 amide bonds. The van der Waals surface area contributed by atoms with Gasteiger partial charge in [0.05, 0.1) is 58.5 Å². The lowest BCUT2D eigenvalue weighted by molar-refractivity contribution is 1.08. The first-order valence-corrected chi connectivity index (χ1v) is 14.2. The van der Waals surface area contributed by atoms with Crippen molar-refractivity contribution in [1.82, 2.24) is 18.7 Å². The van der Waals surface area contributed by atoms with Gasteiger partial charge < -0.3 is 9.13 Å². The molecule has 0 aliphatic heterocycles. The molecule has 4 heteroatoms. The van der Waals surface area contributed by atoms with Gasteiger partial charge in [-0.3, -0.25) is 4.57 Å². The maximum atomic E-state index is 9.78. The standard InChI is InChI=1S/C41H26N4/c1-2-12-27(13-3-1)43-35-18-8-4-16-31(35)33-23-22-28(24-39(33)43)44-36-19-9-7-17-32(36)34-25-41(42-26-40(34)44)45-37-20-10-5-14-29(37)30-15-6-11-21-38(30)45/h1-26H/i5D,6D,7D,9D,10D,11D,14D,15D,17D,19D,20D,21D,25D,26D. The van der Waals surface area contributed by atoms with Crippen LogP contribution in [0.1, 0.15) is 19.2 Å². The third-order valence-electron chi connectivity index (χ3n) is 8.28. The molecule has 4 heterocycles. The molecule has 210 valence electrons. The molecule has 0 aliphatic rings. The van der Waals surface area contributed by atoms with Crippen LogP contribution in [0.25, 0.3) is 82.6 Å². The van der Waals surface area contributed by atoms with Gasteiger partial charge in [0.1, 0.15) is 5.82 Å². The predicted octanol–water partition coefficient (Wildman–Crippen LogP) is 10.4. The van der Waals surface area contributed by atoms with Crippen molar-refractivity contribution in [2.45, 2.75) is 0 Å². The van der Waals surface area contributed by atoms with Crippen LogP contribution < -0.4 is 0 Å². The quantitative estimate of drug-likeness (QED) is 0.202. The summed E-state index contributed by atoms with van der Waals surface area (Å²) < 4.78 is 129. The van der Waals surface area contributed by atoms with Crippen molar-refractivity contribution >= 4 is 65.4 Å². The van der Waals surface area contributed by atoms with E-state index >= 15 is 0 Å². The van der Waals surface area contributed by atoms with Crippen LogP contribution in [-0.2, 0) is 0 Å². The van der Waals surface area contributed by atoms with E-state index in [2.05, 4.69) is 9.55 Å². The first kappa shape index (κ1) is 14.6. The molecule has 0 saturated heterocycles. The maximum Gasteiger partial charge on any atom is 0.138 e. The monoisotopic (exact) mass is 588 g/mol.